The molecule has 5 nitrogen and oxygen atoms in total. The second kappa shape index (κ2) is 4.54. The predicted molar refractivity (Wildman–Crippen MR) is 66.0 cm³/mol. The first-order valence-electron chi connectivity index (χ1n) is 6.38. The average Bonchev–Trinajstić information content (AvgIpc) is 3.22. The van der Waals surface area contributed by atoms with Gasteiger partial charge >= 0.3 is 0 Å². The summed E-state index contributed by atoms with van der Waals surface area (Å²) in [5.41, 5.74) is 0.543. The molecule has 1 aromatic rings. The monoisotopic (exact) mass is 244 g/mol. The number of rotatable bonds is 2. The van der Waals surface area contributed by atoms with Crippen LogP contribution in [0, 0.1) is 17.2 Å². The Hall–Kier alpha value is -1.67. The van der Waals surface area contributed by atoms with Crippen LogP contribution >= 0.6 is 0 Å². The van der Waals surface area contributed by atoms with E-state index in [0.29, 0.717) is 11.5 Å². The molecule has 1 aliphatic heterocycles. The van der Waals surface area contributed by atoms with Crippen molar-refractivity contribution in [2.24, 2.45) is 5.92 Å². The van der Waals surface area contributed by atoms with Crippen LogP contribution < -0.4 is 4.90 Å². The molecule has 3 rings (SSSR count). The lowest BCUT2D eigenvalue weighted by molar-refractivity contribution is -0.0273. The van der Waals surface area contributed by atoms with Crippen LogP contribution in [0.4, 0.5) is 5.82 Å². The zero-order chi connectivity index (χ0) is 12.5. The molecule has 0 unspecified atom stereocenters. The first-order valence-corrected chi connectivity index (χ1v) is 6.38. The summed E-state index contributed by atoms with van der Waals surface area (Å²) in [6, 6.07) is 2.16. The van der Waals surface area contributed by atoms with Crippen molar-refractivity contribution >= 4 is 5.82 Å². The van der Waals surface area contributed by atoms with Gasteiger partial charge in [-0.3, -0.25) is 0 Å². The van der Waals surface area contributed by atoms with Gasteiger partial charge in [-0.25, -0.2) is 9.97 Å². The van der Waals surface area contributed by atoms with E-state index in [1.807, 2.05) is 0 Å². The highest BCUT2D eigenvalue weighted by molar-refractivity contribution is 5.52. The van der Waals surface area contributed by atoms with E-state index >= 15 is 0 Å². The number of morpholine rings is 1. The number of nitrogens with zero attached hydrogens (tertiary/aromatic N) is 4. The largest absolute Gasteiger partial charge is 0.371 e. The predicted octanol–water partition coefficient (Wildman–Crippen LogP) is 1.35. The van der Waals surface area contributed by atoms with Crippen LogP contribution in [-0.4, -0.2) is 35.3 Å². The number of aromatic nitrogens is 2. The molecule has 0 bridgehead atoms. The van der Waals surface area contributed by atoms with Crippen LogP contribution in [0.5, 0.6) is 0 Å². The highest BCUT2D eigenvalue weighted by atomic mass is 16.5. The maximum absolute atomic E-state index is 9.11. The topological polar surface area (TPSA) is 62.0 Å². The summed E-state index contributed by atoms with van der Waals surface area (Å²) in [6.45, 7) is 3.70. The average molecular weight is 244 g/mol. The van der Waals surface area contributed by atoms with E-state index in [4.69, 9.17) is 10.00 Å². The third-order valence-electron chi connectivity index (χ3n) is 3.54. The van der Waals surface area contributed by atoms with Gasteiger partial charge in [-0.15, -0.1) is 0 Å². The first-order chi connectivity index (χ1) is 8.78. The summed E-state index contributed by atoms with van der Waals surface area (Å²) in [7, 11) is 0. The molecule has 2 fully saturated rings. The molecule has 5 heteroatoms. The van der Waals surface area contributed by atoms with Gasteiger partial charge in [0, 0.05) is 13.1 Å². The molecule has 18 heavy (non-hydrogen) atoms. The molecule has 2 heterocycles. The fourth-order valence-corrected chi connectivity index (χ4v) is 2.54. The van der Waals surface area contributed by atoms with Gasteiger partial charge in [-0.05, 0) is 25.7 Å². The fraction of sp³-hybridized carbons (Fsp3) is 0.615. The van der Waals surface area contributed by atoms with Gasteiger partial charge < -0.3 is 9.64 Å². The first kappa shape index (κ1) is 11.4. The van der Waals surface area contributed by atoms with Gasteiger partial charge in [-0.1, -0.05) is 0 Å². The molecule has 94 valence electrons. The fourth-order valence-electron chi connectivity index (χ4n) is 2.54. The maximum atomic E-state index is 9.11. The molecule has 0 N–H and O–H groups in total. The van der Waals surface area contributed by atoms with Crippen molar-refractivity contribution in [2.45, 2.75) is 32.0 Å². The van der Waals surface area contributed by atoms with Crippen molar-refractivity contribution < 1.29 is 4.74 Å². The summed E-state index contributed by atoms with van der Waals surface area (Å²) < 4.78 is 5.97. The summed E-state index contributed by atoms with van der Waals surface area (Å²) >= 11 is 0. The molecule has 1 saturated carbocycles. The Morgan fingerprint density at radius 1 is 1.44 bits per heavy atom. The third kappa shape index (κ3) is 2.16. The van der Waals surface area contributed by atoms with Gasteiger partial charge in [0.2, 0.25) is 0 Å². The number of nitriles is 1. The number of hydrogen-bond donors (Lipinski definition) is 0. The molecule has 0 aromatic carbocycles. The van der Waals surface area contributed by atoms with Crippen molar-refractivity contribution in [3.05, 3.63) is 18.1 Å². The van der Waals surface area contributed by atoms with E-state index in [2.05, 4.69) is 27.9 Å². The van der Waals surface area contributed by atoms with Gasteiger partial charge in [0.05, 0.1) is 18.4 Å². The Morgan fingerprint density at radius 3 is 3.00 bits per heavy atom. The summed E-state index contributed by atoms with van der Waals surface area (Å²) in [4.78, 5) is 10.3. The summed E-state index contributed by atoms with van der Waals surface area (Å²) in [5.74, 6) is 1.44. The van der Waals surface area contributed by atoms with Crippen LogP contribution in [0.1, 0.15) is 25.3 Å². The lowest BCUT2D eigenvalue weighted by atomic mass is 10.1. The quantitative estimate of drug-likeness (QED) is 0.786. The molecule has 1 aliphatic carbocycles. The molecule has 1 saturated heterocycles. The third-order valence-corrected chi connectivity index (χ3v) is 3.54. The number of ether oxygens (including phenoxy) is 1. The van der Waals surface area contributed by atoms with Gasteiger partial charge in [0.25, 0.3) is 0 Å². The van der Waals surface area contributed by atoms with Crippen molar-refractivity contribution in [1.29, 1.82) is 5.26 Å². The Bertz CT molecular complexity index is 480. The van der Waals surface area contributed by atoms with Crippen LogP contribution in [0.25, 0.3) is 0 Å². The Balaban J connectivity index is 1.84. The lowest BCUT2D eigenvalue weighted by Gasteiger charge is -2.37. The Kier molecular flexibility index (Phi) is 2.88. The number of hydrogen-bond acceptors (Lipinski definition) is 5. The molecular formula is C13H16N4O. The van der Waals surface area contributed by atoms with E-state index in [-0.39, 0.29) is 12.2 Å². The van der Waals surface area contributed by atoms with Crippen molar-refractivity contribution in [2.75, 3.05) is 18.0 Å². The van der Waals surface area contributed by atoms with E-state index in [0.717, 1.165) is 18.9 Å². The molecule has 1 aromatic heterocycles. The summed E-state index contributed by atoms with van der Waals surface area (Å²) in [6.07, 6.45) is 6.08. The standard InChI is InChI=1S/C13H16N4O/c1-9-6-17(7-12(18-9)10-2-3-10)13-11(4-14)5-15-8-16-13/h5,8-10,12H,2-3,6-7H2,1H3/t9-,12-/m0/s1. The van der Waals surface area contributed by atoms with Gasteiger partial charge in [0.1, 0.15) is 23.8 Å². The minimum absolute atomic E-state index is 0.186. The van der Waals surface area contributed by atoms with Crippen molar-refractivity contribution in [1.82, 2.24) is 9.97 Å². The highest BCUT2D eigenvalue weighted by Crippen LogP contribution is 2.37. The Morgan fingerprint density at radius 2 is 2.28 bits per heavy atom. The molecule has 0 spiro atoms. The zero-order valence-corrected chi connectivity index (χ0v) is 10.4. The van der Waals surface area contributed by atoms with Crippen LogP contribution in [0.2, 0.25) is 0 Å². The van der Waals surface area contributed by atoms with Gasteiger partial charge in [0.15, 0.2) is 0 Å². The lowest BCUT2D eigenvalue weighted by Crippen LogP contribution is -2.48. The molecule has 0 amide bonds. The minimum atomic E-state index is 0.186. The van der Waals surface area contributed by atoms with Crippen LogP contribution in [-0.2, 0) is 4.74 Å². The van der Waals surface area contributed by atoms with E-state index in [9.17, 15) is 0 Å². The molecular weight excluding hydrogens is 228 g/mol. The minimum Gasteiger partial charge on any atom is -0.371 e. The highest BCUT2D eigenvalue weighted by Gasteiger charge is 2.38. The van der Waals surface area contributed by atoms with Crippen molar-refractivity contribution in [3.8, 4) is 6.07 Å². The summed E-state index contributed by atoms with van der Waals surface area (Å²) in [5, 5.41) is 9.11. The molecule has 2 atom stereocenters. The van der Waals surface area contributed by atoms with Crippen LogP contribution in [0.3, 0.4) is 0 Å². The smallest absolute Gasteiger partial charge is 0.150 e. The van der Waals surface area contributed by atoms with E-state index < -0.39 is 0 Å². The van der Waals surface area contributed by atoms with Crippen molar-refractivity contribution in [3.63, 3.8) is 0 Å². The second-order valence-corrected chi connectivity index (χ2v) is 5.10. The SMILES string of the molecule is C[C@H]1CN(c2ncncc2C#N)C[C@@H](C2CC2)O1. The number of anilines is 1. The zero-order valence-electron chi connectivity index (χ0n) is 10.4. The van der Waals surface area contributed by atoms with Crippen LogP contribution in [0.15, 0.2) is 12.5 Å². The maximum Gasteiger partial charge on any atom is 0.150 e. The second-order valence-electron chi connectivity index (χ2n) is 5.10. The molecule has 0 radical (unpaired) electrons. The van der Waals surface area contributed by atoms with E-state index in [1.54, 1.807) is 6.20 Å². The van der Waals surface area contributed by atoms with Gasteiger partial charge in [-0.2, -0.15) is 5.26 Å². The van der Waals surface area contributed by atoms with E-state index in [1.165, 1.54) is 19.2 Å². The normalized spacial score (nSPS) is 27.9. The molecule has 2 aliphatic rings. The Labute approximate surface area is 106 Å².